The van der Waals surface area contributed by atoms with E-state index in [4.69, 9.17) is 4.74 Å². The number of esters is 1. The molecule has 2 aliphatic heterocycles. The van der Waals surface area contributed by atoms with Gasteiger partial charge in [-0.25, -0.2) is 0 Å². The lowest BCUT2D eigenvalue weighted by Gasteiger charge is -2.35. The maximum absolute atomic E-state index is 12.1. The average molecular weight is 375 g/mol. The molecular formula is C16H21BrClNO2. The van der Waals surface area contributed by atoms with Gasteiger partial charge in [-0.05, 0) is 50.4 Å². The number of ether oxygens (including phenoxy) is 1. The molecule has 0 N–H and O–H groups in total. The highest BCUT2D eigenvalue weighted by Crippen LogP contribution is 2.35. The number of carbonyl (C=O) groups excluding carboxylic acids is 1. The van der Waals surface area contributed by atoms with E-state index in [1.165, 1.54) is 12.8 Å². The van der Waals surface area contributed by atoms with Crippen molar-refractivity contribution in [2.45, 2.75) is 50.3 Å². The number of hydrogen-bond donors (Lipinski definition) is 0. The van der Waals surface area contributed by atoms with Crippen LogP contribution in [0.3, 0.4) is 0 Å². The van der Waals surface area contributed by atoms with Crippen LogP contribution in [0.15, 0.2) is 28.7 Å². The van der Waals surface area contributed by atoms with Crippen molar-refractivity contribution in [3.8, 4) is 0 Å². The normalized spacial score (nSPS) is 28.0. The fourth-order valence-electron chi connectivity index (χ4n) is 3.50. The molecule has 0 radical (unpaired) electrons. The van der Waals surface area contributed by atoms with E-state index in [1.807, 2.05) is 24.3 Å². The molecule has 3 nitrogen and oxygen atoms in total. The molecule has 0 aromatic heterocycles. The van der Waals surface area contributed by atoms with Crippen molar-refractivity contribution in [1.29, 1.82) is 0 Å². The molecule has 1 aromatic rings. The Bertz CT molecular complexity index is 497. The lowest BCUT2D eigenvalue weighted by molar-refractivity contribution is -0.151. The molecule has 2 aliphatic rings. The molecular weight excluding hydrogens is 354 g/mol. The Kier molecular flexibility index (Phi) is 5.69. The number of nitrogens with zero attached hydrogens (tertiary/aromatic N) is 1. The molecule has 1 aromatic carbocycles. The monoisotopic (exact) mass is 373 g/mol. The van der Waals surface area contributed by atoms with E-state index in [0.29, 0.717) is 18.5 Å². The highest BCUT2D eigenvalue weighted by molar-refractivity contribution is 9.10. The van der Waals surface area contributed by atoms with Gasteiger partial charge in [0.05, 0.1) is 6.42 Å². The highest BCUT2D eigenvalue weighted by atomic mass is 79.9. The van der Waals surface area contributed by atoms with Gasteiger partial charge in [0.2, 0.25) is 0 Å². The zero-order valence-corrected chi connectivity index (χ0v) is 14.5. The van der Waals surface area contributed by atoms with Crippen molar-refractivity contribution < 1.29 is 9.53 Å². The van der Waals surface area contributed by atoms with Gasteiger partial charge in [0.15, 0.2) is 0 Å². The number of hydrogen-bond acceptors (Lipinski definition) is 3. The van der Waals surface area contributed by atoms with E-state index in [2.05, 4.69) is 27.9 Å². The standard InChI is InChI=1S/C16H20BrNO2.ClH/c1-18-13-5-6-14(18)10-15(9-13)20-16(19)8-11-3-2-4-12(17)7-11;/h2-4,7,13-15H,5-6,8-10H2,1H3;1H/t13-,14-;/m1./s1. The van der Waals surface area contributed by atoms with Crippen LogP contribution < -0.4 is 0 Å². The van der Waals surface area contributed by atoms with Gasteiger partial charge in [-0.2, -0.15) is 0 Å². The lowest BCUT2D eigenvalue weighted by atomic mass is 10.0. The first-order valence-electron chi connectivity index (χ1n) is 7.27. The van der Waals surface area contributed by atoms with Crippen LogP contribution in [0.2, 0.25) is 0 Å². The average Bonchev–Trinajstić information content (AvgIpc) is 2.61. The van der Waals surface area contributed by atoms with Gasteiger partial charge in [0.25, 0.3) is 0 Å². The minimum Gasteiger partial charge on any atom is -0.462 e. The summed E-state index contributed by atoms with van der Waals surface area (Å²) in [5.74, 6) is -0.1000. The quantitative estimate of drug-likeness (QED) is 0.757. The number of rotatable bonds is 3. The summed E-state index contributed by atoms with van der Waals surface area (Å²) in [4.78, 5) is 14.5. The zero-order valence-electron chi connectivity index (χ0n) is 12.1. The van der Waals surface area contributed by atoms with Crippen LogP contribution in [0.4, 0.5) is 0 Å². The van der Waals surface area contributed by atoms with Crippen LogP contribution in [-0.4, -0.2) is 36.1 Å². The fourth-order valence-corrected chi connectivity index (χ4v) is 3.95. The van der Waals surface area contributed by atoms with E-state index < -0.39 is 0 Å². The summed E-state index contributed by atoms with van der Waals surface area (Å²) in [6, 6.07) is 9.06. The Labute approximate surface area is 140 Å². The topological polar surface area (TPSA) is 29.5 Å². The van der Waals surface area contributed by atoms with Crippen molar-refractivity contribution in [3.63, 3.8) is 0 Å². The summed E-state index contributed by atoms with van der Waals surface area (Å²) in [6.07, 6.45) is 4.97. The zero-order chi connectivity index (χ0) is 14.1. The second kappa shape index (κ2) is 7.12. The lowest BCUT2D eigenvalue weighted by Crippen LogP contribution is -2.43. The van der Waals surface area contributed by atoms with Gasteiger partial charge in [-0.3, -0.25) is 4.79 Å². The third-order valence-corrected chi connectivity index (χ3v) is 5.08. The minimum atomic E-state index is -0.1000. The van der Waals surface area contributed by atoms with Crippen molar-refractivity contribution in [3.05, 3.63) is 34.3 Å². The van der Waals surface area contributed by atoms with E-state index in [-0.39, 0.29) is 24.5 Å². The summed E-state index contributed by atoms with van der Waals surface area (Å²) < 4.78 is 6.68. The van der Waals surface area contributed by atoms with E-state index in [0.717, 1.165) is 22.9 Å². The summed E-state index contributed by atoms with van der Waals surface area (Å²) in [5, 5.41) is 0. The molecule has 3 rings (SSSR count). The van der Waals surface area contributed by atoms with Gasteiger partial charge in [0, 0.05) is 16.6 Å². The Hall–Kier alpha value is -0.580. The van der Waals surface area contributed by atoms with E-state index in [1.54, 1.807) is 0 Å². The number of halogens is 2. The molecule has 2 atom stereocenters. The second-order valence-electron chi connectivity index (χ2n) is 5.94. The molecule has 0 amide bonds. The summed E-state index contributed by atoms with van der Waals surface area (Å²) >= 11 is 3.42. The maximum atomic E-state index is 12.1. The van der Waals surface area contributed by atoms with Gasteiger partial charge >= 0.3 is 5.97 Å². The molecule has 0 spiro atoms. The van der Waals surface area contributed by atoms with Gasteiger partial charge in [0.1, 0.15) is 6.10 Å². The molecule has 2 heterocycles. The minimum absolute atomic E-state index is 0. The summed E-state index contributed by atoms with van der Waals surface area (Å²) in [5.41, 5.74) is 1.00. The van der Waals surface area contributed by atoms with E-state index >= 15 is 0 Å². The Morgan fingerprint density at radius 1 is 1.33 bits per heavy atom. The van der Waals surface area contributed by atoms with Crippen LogP contribution in [0, 0.1) is 0 Å². The number of benzene rings is 1. The Morgan fingerprint density at radius 2 is 2.00 bits per heavy atom. The summed E-state index contributed by atoms with van der Waals surface area (Å²) in [6.45, 7) is 0. The van der Waals surface area contributed by atoms with Crippen molar-refractivity contribution in [1.82, 2.24) is 4.90 Å². The number of fused-ring (bicyclic) bond motifs is 2. The third kappa shape index (κ3) is 3.99. The van der Waals surface area contributed by atoms with Crippen LogP contribution in [0.25, 0.3) is 0 Å². The first-order valence-corrected chi connectivity index (χ1v) is 8.07. The predicted octanol–water partition coefficient (Wildman–Crippen LogP) is 3.58. The van der Waals surface area contributed by atoms with Gasteiger partial charge in [-0.1, -0.05) is 28.1 Å². The Balaban J connectivity index is 0.00000161. The van der Waals surface area contributed by atoms with Crippen LogP contribution in [-0.2, 0) is 16.0 Å². The summed E-state index contributed by atoms with van der Waals surface area (Å²) in [7, 11) is 2.20. The molecule has 0 saturated carbocycles. The molecule has 2 saturated heterocycles. The first-order chi connectivity index (χ1) is 9.61. The predicted molar refractivity (Wildman–Crippen MR) is 88.8 cm³/mol. The smallest absolute Gasteiger partial charge is 0.310 e. The Morgan fingerprint density at radius 3 is 2.62 bits per heavy atom. The van der Waals surface area contributed by atoms with Crippen LogP contribution in [0.5, 0.6) is 0 Å². The highest BCUT2D eigenvalue weighted by Gasteiger charge is 2.39. The van der Waals surface area contributed by atoms with Crippen LogP contribution >= 0.6 is 28.3 Å². The van der Waals surface area contributed by atoms with Gasteiger partial charge in [-0.15, -0.1) is 12.4 Å². The first kappa shape index (κ1) is 16.8. The molecule has 0 unspecified atom stereocenters. The number of carbonyl (C=O) groups is 1. The fraction of sp³-hybridized carbons (Fsp3) is 0.562. The maximum Gasteiger partial charge on any atom is 0.310 e. The van der Waals surface area contributed by atoms with Gasteiger partial charge < -0.3 is 9.64 Å². The SMILES string of the molecule is CN1[C@@H]2CC[C@@H]1CC(OC(=O)Cc1cccc(Br)c1)C2.Cl. The third-order valence-electron chi connectivity index (χ3n) is 4.59. The van der Waals surface area contributed by atoms with E-state index in [9.17, 15) is 4.79 Å². The molecule has 2 bridgehead atoms. The number of piperidine rings is 1. The van der Waals surface area contributed by atoms with Crippen molar-refractivity contribution in [2.24, 2.45) is 0 Å². The molecule has 21 heavy (non-hydrogen) atoms. The largest absolute Gasteiger partial charge is 0.462 e. The molecule has 5 heteroatoms. The second-order valence-corrected chi connectivity index (χ2v) is 6.86. The molecule has 116 valence electrons. The van der Waals surface area contributed by atoms with Crippen molar-refractivity contribution in [2.75, 3.05) is 7.05 Å². The molecule has 2 fully saturated rings. The molecule has 0 aliphatic carbocycles. The van der Waals surface area contributed by atoms with Crippen molar-refractivity contribution >= 4 is 34.3 Å². The van der Waals surface area contributed by atoms with Crippen LogP contribution in [0.1, 0.15) is 31.2 Å².